The molecule has 1 atom stereocenters. The first-order valence-electron chi connectivity index (χ1n) is 6.60. The molecule has 2 N–H and O–H groups in total. The lowest BCUT2D eigenvalue weighted by Gasteiger charge is -2.12. The van der Waals surface area contributed by atoms with E-state index in [2.05, 4.69) is 10.3 Å². The number of aliphatic carboxylic acids is 1. The van der Waals surface area contributed by atoms with Crippen molar-refractivity contribution < 1.29 is 14.7 Å². The smallest absolute Gasteiger partial charge is 0.326 e. The van der Waals surface area contributed by atoms with Crippen molar-refractivity contribution in [2.24, 2.45) is 0 Å². The fourth-order valence-corrected chi connectivity index (χ4v) is 3.70. The molecule has 1 aromatic carbocycles. The maximum atomic E-state index is 11.8. The topological polar surface area (TPSA) is 79.3 Å². The summed E-state index contributed by atoms with van der Waals surface area (Å²) in [5, 5.41) is 11.5. The van der Waals surface area contributed by atoms with Gasteiger partial charge in [0.2, 0.25) is 5.91 Å². The summed E-state index contributed by atoms with van der Waals surface area (Å²) >= 11 is 2.86. The predicted molar refractivity (Wildman–Crippen MR) is 84.8 cm³/mol. The summed E-state index contributed by atoms with van der Waals surface area (Å²) in [6.45, 7) is 1.89. The molecule has 0 unspecified atom stereocenters. The Morgan fingerprint density at radius 2 is 2.19 bits per heavy atom. The van der Waals surface area contributed by atoms with Crippen molar-refractivity contribution in [3.8, 4) is 0 Å². The number of nitrogens with one attached hydrogen (secondary N) is 1. The van der Waals surface area contributed by atoms with Crippen LogP contribution in [0.15, 0.2) is 28.6 Å². The Balaban J connectivity index is 1.89. The van der Waals surface area contributed by atoms with Crippen molar-refractivity contribution in [1.29, 1.82) is 0 Å². The van der Waals surface area contributed by atoms with Crippen LogP contribution >= 0.6 is 23.1 Å². The second-order valence-electron chi connectivity index (χ2n) is 4.48. The summed E-state index contributed by atoms with van der Waals surface area (Å²) in [7, 11) is 0. The summed E-state index contributed by atoms with van der Waals surface area (Å²) < 4.78 is 1.89. The van der Waals surface area contributed by atoms with Crippen molar-refractivity contribution in [1.82, 2.24) is 10.3 Å². The summed E-state index contributed by atoms with van der Waals surface area (Å²) in [5.74, 6) is -1.09. The molecule has 0 saturated heterocycles. The zero-order valence-corrected chi connectivity index (χ0v) is 13.2. The average molecular weight is 324 g/mol. The largest absolute Gasteiger partial charge is 0.480 e. The number of rotatable bonds is 7. The van der Waals surface area contributed by atoms with Gasteiger partial charge in [0.05, 0.1) is 16.0 Å². The first-order valence-corrected chi connectivity index (χ1v) is 8.41. The highest BCUT2D eigenvalue weighted by molar-refractivity contribution is 8.01. The van der Waals surface area contributed by atoms with Crippen LogP contribution in [0.4, 0.5) is 0 Å². The molecule has 0 saturated carbocycles. The number of carboxylic acid groups (broad SMARTS) is 1. The van der Waals surface area contributed by atoms with Crippen LogP contribution in [-0.2, 0) is 9.59 Å². The minimum absolute atomic E-state index is 0.174. The summed E-state index contributed by atoms with van der Waals surface area (Å²) in [6, 6.07) is 6.98. The van der Waals surface area contributed by atoms with E-state index >= 15 is 0 Å². The van der Waals surface area contributed by atoms with Crippen LogP contribution in [0.3, 0.4) is 0 Å². The molecule has 0 fully saturated rings. The lowest BCUT2D eigenvalue weighted by Crippen LogP contribution is -2.41. The van der Waals surface area contributed by atoms with Crippen LogP contribution in [0.2, 0.25) is 0 Å². The molecule has 1 heterocycles. The molecule has 0 aliphatic heterocycles. The van der Waals surface area contributed by atoms with Crippen molar-refractivity contribution >= 4 is 45.2 Å². The van der Waals surface area contributed by atoms with E-state index in [1.807, 2.05) is 31.2 Å². The van der Waals surface area contributed by atoms with E-state index in [9.17, 15) is 9.59 Å². The number of nitrogens with zero attached hydrogens (tertiary/aromatic N) is 1. The van der Waals surface area contributed by atoms with E-state index in [0.29, 0.717) is 12.8 Å². The van der Waals surface area contributed by atoms with Crippen molar-refractivity contribution in [2.75, 3.05) is 5.75 Å². The Bertz CT molecular complexity index is 609. The van der Waals surface area contributed by atoms with Gasteiger partial charge in [-0.25, -0.2) is 9.78 Å². The molecule has 2 aromatic rings. The highest BCUT2D eigenvalue weighted by Gasteiger charge is 2.19. The fraction of sp³-hybridized carbons (Fsp3) is 0.357. The summed E-state index contributed by atoms with van der Waals surface area (Å²) in [5.41, 5.74) is 0.916. The van der Waals surface area contributed by atoms with Gasteiger partial charge >= 0.3 is 5.97 Å². The minimum atomic E-state index is -0.991. The first-order chi connectivity index (χ1) is 10.1. The Morgan fingerprint density at radius 3 is 2.86 bits per heavy atom. The molecule has 7 heteroatoms. The van der Waals surface area contributed by atoms with Crippen LogP contribution in [-0.4, -0.2) is 33.8 Å². The van der Waals surface area contributed by atoms with E-state index in [1.165, 1.54) is 23.1 Å². The quantitative estimate of drug-likeness (QED) is 0.766. The molecule has 0 aliphatic rings. The van der Waals surface area contributed by atoms with Crippen molar-refractivity contribution in [3.05, 3.63) is 24.3 Å². The molecule has 0 bridgehead atoms. The number of hydrogen-bond acceptors (Lipinski definition) is 5. The number of aromatic nitrogens is 1. The van der Waals surface area contributed by atoms with Gasteiger partial charge in [-0.05, 0) is 18.6 Å². The molecule has 5 nitrogen and oxygen atoms in total. The van der Waals surface area contributed by atoms with Crippen LogP contribution in [0.25, 0.3) is 10.2 Å². The number of para-hydroxylation sites is 1. The molecule has 0 aliphatic carbocycles. The molecule has 21 heavy (non-hydrogen) atoms. The van der Waals surface area contributed by atoms with E-state index in [1.54, 1.807) is 0 Å². The lowest BCUT2D eigenvalue weighted by atomic mass is 10.2. The average Bonchev–Trinajstić information content (AvgIpc) is 2.87. The Morgan fingerprint density at radius 1 is 1.43 bits per heavy atom. The van der Waals surface area contributed by atoms with Crippen molar-refractivity contribution in [3.63, 3.8) is 0 Å². The van der Waals surface area contributed by atoms with Gasteiger partial charge in [-0.1, -0.05) is 37.2 Å². The third-order valence-electron chi connectivity index (χ3n) is 2.81. The third kappa shape index (κ3) is 4.44. The van der Waals surface area contributed by atoms with Gasteiger partial charge < -0.3 is 10.4 Å². The molecule has 0 spiro atoms. The lowest BCUT2D eigenvalue weighted by molar-refractivity contribution is -0.141. The monoisotopic (exact) mass is 324 g/mol. The normalized spacial score (nSPS) is 12.2. The number of thiazole rings is 1. The molecular formula is C14H16N2O3S2. The molecule has 112 valence electrons. The molecule has 2 rings (SSSR count). The molecular weight excluding hydrogens is 308 g/mol. The second kappa shape index (κ2) is 7.42. The van der Waals surface area contributed by atoms with E-state index in [0.717, 1.165) is 14.6 Å². The second-order valence-corrected chi connectivity index (χ2v) is 6.74. The van der Waals surface area contributed by atoms with E-state index in [-0.39, 0.29) is 11.7 Å². The number of fused-ring (bicyclic) bond motifs is 1. The van der Waals surface area contributed by atoms with Crippen LogP contribution in [0.5, 0.6) is 0 Å². The van der Waals surface area contributed by atoms with Crippen molar-refractivity contribution in [2.45, 2.75) is 30.1 Å². The van der Waals surface area contributed by atoms with Crippen LogP contribution < -0.4 is 5.32 Å². The van der Waals surface area contributed by atoms with Gasteiger partial charge in [0, 0.05) is 0 Å². The van der Waals surface area contributed by atoms with Gasteiger partial charge in [0.1, 0.15) is 6.04 Å². The maximum absolute atomic E-state index is 11.8. The van der Waals surface area contributed by atoms with Gasteiger partial charge in [0.25, 0.3) is 0 Å². The Labute approximate surface area is 130 Å². The summed E-state index contributed by atoms with van der Waals surface area (Å²) in [4.78, 5) is 27.2. The molecule has 0 radical (unpaired) electrons. The Hall–Kier alpha value is -1.60. The number of carboxylic acids is 1. The fourth-order valence-electron chi connectivity index (χ4n) is 1.82. The van der Waals surface area contributed by atoms with Gasteiger partial charge in [-0.2, -0.15) is 0 Å². The van der Waals surface area contributed by atoms with Crippen LogP contribution in [0.1, 0.15) is 19.8 Å². The first kappa shape index (κ1) is 15.8. The highest BCUT2D eigenvalue weighted by atomic mass is 32.2. The van der Waals surface area contributed by atoms with Gasteiger partial charge in [0.15, 0.2) is 4.34 Å². The number of benzene rings is 1. The number of hydrogen-bond donors (Lipinski definition) is 2. The van der Waals surface area contributed by atoms with Gasteiger partial charge in [-0.3, -0.25) is 4.79 Å². The number of thioether (sulfide) groups is 1. The number of carbonyl (C=O) groups is 2. The van der Waals surface area contributed by atoms with Crippen LogP contribution in [0, 0.1) is 0 Å². The van der Waals surface area contributed by atoms with Gasteiger partial charge in [-0.15, -0.1) is 11.3 Å². The predicted octanol–water partition coefficient (Wildman–Crippen LogP) is 2.76. The minimum Gasteiger partial charge on any atom is -0.480 e. The molecule has 1 aromatic heterocycles. The Kier molecular flexibility index (Phi) is 5.58. The SMILES string of the molecule is CCC[C@H](NC(=O)CSc1nc2ccccc2s1)C(=O)O. The maximum Gasteiger partial charge on any atom is 0.326 e. The molecule has 1 amide bonds. The third-order valence-corrected chi connectivity index (χ3v) is 4.99. The highest BCUT2D eigenvalue weighted by Crippen LogP contribution is 2.29. The summed E-state index contributed by atoms with van der Waals surface area (Å²) in [6.07, 6.45) is 1.15. The standard InChI is InChI=1S/C14H16N2O3S2/c1-2-5-10(13(18)19)15-12(17)8-20-14-16-9-6-3-4-7-11(9)21-14/h3-4,6-7,10H,2,5,8H2,1H3,(H,15,17)(H,18,19)/t10-/m0/s1. The van der Waals surface area contributed by atoms with E-state index in [4.69, 9.17) is 5.11 Å². The zero-order valence-electron chi connectivity index (χ0n) is 11.5. The zero-order chi connectivity index (χ0) is 15.2. The number of amides is 1. The number of carbonyl (C=O) groups excluding carboxylic acids is 1. The van der Waals surface area contributed by atoms with E-state index < -0.39 is 12.0 Å².